The number of fused-ring (bicyclic) bond motifs is 2. The van der Waals surface area contributed by atoms with Crippen molar-refractivity contribution >= 4 is 11.6 Å². The molecule has 28 heavy (non-hydrogen) atoms. The Kier molecular flexibility index (Phi) is 3.47. The molecule has 5 rings (SSSR count). The van der Waals surface area contributed by atoms with Gasteiger partial charge in [0.15, 0.2) is 17.3 Å². The summed E-state index contributed by atoms with van der Waals surface area (Å²) in [5.41, 5.74) is 2.42. The number of nitrogens with one attached hydrogen (secondary N) is 2. The molecule has 2 N–H and O–H groups in total. The molecule has 1 atom stereocenters. The molecule has 3 heterocycles. The number of ketones is 1. The molecular formula is C21H21N3O4. The Morgan fingerprint density at radius 1 is 1.14 bits per heavy atom. The molecule has 0 fully saturated rings. The summed E-state index contributed by atoms with van der Waals surface area (Å²) in [7, 11) is 0. The zero-order valence-corrected chi connectivity index (χ0v) is 16.0. The Balaban J connectivity index is 1.76. The number of hydrogen-bond donors (Lipinski definition) is 2. The van der Waals surface area contributed by atoms with Gasteiger partial charge >= 0.3 is 0 Å². The van der Waals surface area contributed by atoms with Crippen molar-refractivity contribution in [3.8, 4) is 11.5 Å². The molecule has 2 aromatic rings. The highest BCUT2D eigenvalue weighted by molar-refractivity contribution is 6.01. The fraction of sp³-hybridized carbons (Fsp3) is 0.381. The molecule has 0 bridgehead atoms. The van der Waals surface area contributed by atoms with Gasteiger partial charge < -0.3 is 19.8 Å². The molecule has 7 nitrogen and oxygen atoms in total. The second kappa shape index (κ2) is 5.70. The third-order valence-electron chi connectivity index (χ3n) is 5.57. The quantitative estimate of drug-likeness (QED) is 0.791. The van der Waals surface area contributed by atoms with E-state index in [1.165, 1.54) is 0 Å². The van der Waals surface area contributed by atoms with Gasteiger partial charge in [0.05, 0.1) is 5.56 Å². The molecule has 0 spiro atoms. The number of rotatable bonds is 1. The van der Waals surface area contributed by atoms with Crippen LogP contribution in [0.2, 0.25) is 0 Å². The first-order valence-corrected chi connectivity index (χ1v) is 9.36. The van der Waals surface area contributed by atoms with Crippen molar-refractivity contribution in [1.29, 1.82) is 0 Å². The lowest BCUT2D eigenvalue weighted by Gasteiger charge is -2.38. The number of nitrogens with zero attached hydrogens (tertiary/aromatic N) is 1. The number of Topliss-reactive ketones (excluding diaryl/α,β-unsaturated/α-hetero) is 1. The first-order valence-electron chi connectivity index (χ1n) is 9.36. The molecule has 1 aliphatic carbocycles. The van der Waals surface area contributed by atoms with E-state index in [1.807, 2.05) is 18.2 Å². The third-order valence-corrected chi connectivity index (χ3v) is 5.57. The monoisotopic (exact) mass is 379 g/mol. The van der Waals surface area contributed by atoms with Crippen LogP contribution in [0.1, 0.15) is 49.6 Å². The Morgan fingerprint density at radius 3 is 2.75 bits per heavy atom. The molecule has 0 saturated heterocycles. The Morgan fingerprint density at radius 2 is 1.93 bits per heavy atom. The van der Waals surface area contributed by atoms with E-state index in [2.05, 4.69) is 29.1 Å². The van der Waals surface area contributed by atoms with Crippen LogP contribution in [-0.4, -0.2) is 22.5 Å². The van der Waals surface area contributed by atoms with E-state index in [-0.39, 0.29) is 23.6 Å². The zero-order valence-electron chi connectivity index (χ0n) is 16.0. The maximum Gasteiger partial charge on any atom is 0.257 e. The molecule has 2 aliphatic heterocycles. The van der Waals surface area contributed by atoms with E-state index in [9.17, 15) is 9.59 Å². The fourth-order valence-electron chi connectivity index (χ4n) is 4.45. The summed E-state index contributed by atoms with van der Waals surface area (Å²) in [6.45, 7) is 6.08. The Hall–Kier alpha value is -3.09. The van der Waals surface area contributed by atoms with Crippen molar-refractivity contribution in [3.05, 3.63) is 56.8 Å². The topological polar surface area (TPSA) is 93.3 Å². The van der Waals surface area contributed by atoms with Gasteiger partial charge in [0.2, 0.25) is 6.79 Å². The van der Waals surface area contributed by atoms with Crippen molar-refractivity contribution in [3.63, 3.8) is 0 Å². The van der Waals surface area contributed by atoms with Crippen LogP contribution in [0.25, 0.3) is 0 Å². The summed E-state index contributed by atoms with van der Waals surface area (Å²) in [6.07, 6.45) is 1.17. The number of anilines is 1. The van der Waals surface area contributed by atoms with Crippen LogP contribution in [-0.2, 0) is 4.79 Å². The van der Waals surface area contributed by atoms with Gasteiger partial charge in [-0.25, -0.2) is 4.98 Å². The first-order chi connectivity index (χ1) is 13.3. The van der Waals surface area contributed by atoms with Gasteiger partial charge in [-0.05, 0) is 36.5 Å². The average molecular weight is 379 g/mol. The second-order valence-corrected chi connectivity index (χ2v) is 8.42. The standard InChI is InChI=1S/C21H21N3O4/c1-10-22-19-18(20(26)23-10)16(11-4-5-14-15(6-11)28-9-27-14)17-12(24-19)7-21(2,3)8-13(17)25/h4-6,16H,7-9H2,1-3H3,(H2,22,23,24,26)/t16-/m1/s1. The number of ether oxygens (including phenoxy) is 2. The minimum absolute atomic E-state index is 0.0621. The molecule has 1 aromatic heterocycles. The fourth-order valence-corrected chi connectivity index (χ4v) is 4.45. The summed E-state index contributed by atoms with van der Waals surface area (Å²) < 4.78 is 10.9. The predicted molar refractivity (Wildman–Crippen MR) is 103 cm³/mol. The van der Waals surface area contributed by atoms with Crippen molar-refractivity contribution < 1.29 is 14.3 Å². The zero-order chi connectivity index (χ0) is 19.6. The highest BCUT2D eigenvalue weighted by atomic mass is 16.7. The van der Waals surface area contributed by atoms with Gasteiger partial charge in [-0.1, -0.05) is 19.9 Å². The van der Waals surface area contributed by atoms with Crippen molar-refractivity contribution in [1.82, 2.24) is 9.97 Å². The van der Waals surface area contributed by atoms with E-state index < -0.39 is 5.92 Å². The largest absolute Gasteiger partial charge is 0.454 e. The number of H-pyrrole nitrogens is 1. The highest BCUT2D eigenvalue weighted by Crippen LogP contribution is 2.48. The summed E-state index contributed by atoms with van der Waals surface area (Å²) in [4.78, 5) is 33.3. The maximum absolute atomic E-state index is 13.2. The highest BCUT2D eigenvalue weighted by Gasteiger charge is 2.42. The lowest BCUT2D eigenvalue weighted by atomic mass is 9.69. The number of carbonyl (C=O) groups is 1. The van der Waals surface area contributed by atoms with Gasteiger partial charge in [-0.3, -0.25) is 9.59 Å². The van der Waals surface area contributed by atoms with Crippen LogP contribution in [0.15, 0.2) is 34.3 Å². The number of allylic oxidation sites excluding steroid dienone is 2. The average Bonchev–Trinajstić information content (AvgIpc) is 3.06. The minimum atomic E-state index is -0.485. The molecule has 0 amide bonds. The molecule has 0 saturated carbocycles. The molecular weight excluding hydrogens is 358 g/mol. The third kappa shape index (κ3) is 2.53. The number of carbonyl (C=O) groups excluding carboxylic acids is 1. The summed E-state index contributed by atoms with van der Waals surface area (Å²) in [5, 5.41) is 3.29. The molecule has 3 aliphatic rings. The number of aromatic amines is 1. The van der Waals surface area contributed by atoms with Crippen LogP contribution >= 0.6 is 0 Å². The lowest BCUT2D eigenvalue weighted by molar-refractivity contribution is -0.118. The van der Waals surface area contributed by atoms with Crippen LogP contribution in [0.5, 0.6) is 11.5 Å². The SMILES string of the molecule is Cc1nc2c(c(=O)[nH]1)[C@H](c1ccc3c(c1)OCO3)C1=C(CC(C)(C)CC1=O)N2. The van der Waals surface area contributed by atoms with Crippen molar-refractivity contribution in [2.75, 3.05) is 12.1 Å². The van der Waals surface area contributed by atoms with Crippen molar-refractivity contribution in [2.24, 2.45) is 5.41 Å². The Labute approximate surface area is 161 Å². The molecule has 0 radical (unpaired) electrons. The molecule has 1 aromatic carbocycles. The molecule has 0 unspecified atom stereocenters. The van der Waals surface area contributed by atoms with Gasteiger partial charge in [0, 0.05) is 23.6 Å². The van der Waals surface area contributed by atoms with Gasteiger partial charge in [0.25, 0.3) is 5.56 Å². The smallest absolute Gasteiger partial charge is 0.257 e. The first kappa shape index (κ1) is 17.0. The summed E-state index contributed by atoms with van der Waals surface area (Å²) in [6, 6.07) is 5.58. The van der Waals surface area contributed by atoms with Crippen LogP contribution in [0.3, 0.4) is 0 Å². The molecule has 7 heteroatoms. The van der Waals surface area contributed by atoms with E-state index >= 15 is 0 Å². The Bertz CT molecular complexity index is 1110. The predicted octanol–water partition coefficient (Wildman–Crippen LogP) is 3.01. The van der Waals surface area contributed by atoms with Crippen LogP contribution in [0, 0.1) is 12.3 Å². The van der Waals surface area contributed by atoms with Gasteiger partial charge in [0.1, 0.15) is 11.6 Å². The number of benzene rings is 1. The van der Waals surface area contributed by atoms with Gasteiger partial charge in [-0.15, -0.1) is 0 Å². The normalized spacial score (nSPS) is 21.8. The second-order valence-electron chi connectivity index (χ2n) is 8.42. The van der Waals surface area contributed by atoms with Crippen molar-refractivity contribution in [2.45, 2.75) is 39.5 Å². The number of aromatic nitrogens is 2. The van der Waals surface area contributed by atoms with Crippen LogP contribution < -0.4 is 20.3 Å². The molecule has 144 valence electrons. The number of hydrogen-bond acceptors (Lipinski definition) is 6. The lowest BCUT2D eigenvalue weighted by Crippen LogP contribution is -2.37. The minimum Gasteiger partial charge on any atom is -0.454 e. The summed E-state index contributed by atoms with van der Waals surface area (Å²) in [5.74, 6) is 1.92. The van der Waals surface area contributed by atoms with Crippen LogP contribution in [0.4, 0.5) is 5.82 Å². The summed E-state index contributed by atoms with van der Waals surface area (Å²) >= 11 is 0. The van der Waals surface area contributed by atoms with E-state index in [0.29, 0.717) is 40.7 Å². The van der Waals surface area contributed by atoms with E-state index in [4.69, 9.17) is 9.47 Å². The number of aryl methyl sites for hydroxylation is 1. The van der Waals surface area contributed by atoms with E-state index in [0.717, 1.165) is 17.7 Å². The van der Waals surface area contributed by atoms with E-state index in [1.54, 1.807) is 6.92 Å². The van der Waals surface area contributed by atoms with Gasteiger partial charge in [-0.2, -0.15) is 0 Å². The maximum atomic E-state index is 13.2.